The number of piperidine rings is 1. The van der Waals surface area contributed by atoms with Crippen LogP contribution in [-0.2, 0) is 21.0 Å². The van der Waals surface area contributed by atoms with Crippen LogP contribution in [0.3, 0.4) is 0 Å². The molecule has 1 aliphatic carbocycles. The van der Waals surface area contributed by atoms with E-state index in [-0.39, 0.29) is 12.6 Å². The maximum Gasteiger partial charge on any atom is 0.323 e. The molecule has 2 aliphatic rings. The molecular weight excluding hydrogens is 553 g/mol. The quantitative estimate of drug-likeness (QED) is 0.0915. The van der Waals surface area contributed by atoms with Crippen LogP contribution in [0.1, 0.15) is 68.3 Å². The second-order valence-corrected chi connectivity index (χ2v) is 10.9. The highest BCUT2D eigenvalue weighted by Gasteiger charge is 2.35. The Morgan fingerprint density at radius 1 is 1.23 bits per heavy atom. The van der Waals surface area contributed by atoms with Crippen LogP contribution in [0.2, 0.25) is 10.0 Å². The van der Waals surface area contributed by atoms with E-state index in [1.165, 1.54) is 0 Å². The van der Waals surface area contributed by atoms with Crippen molar-refractivity contribution in [2.75, 3.05) is 18.5 Å². The number of oxime groups is 1. The summed E-state index contributed by atoms with van der Waals surface area (Å²) in [6.07, 6.45) is 7.84. The summed E-state index contributed by atoms with van der Waals surface area (Å²) >= 11 is 13.1. The van der Waals surface area contributed by atoms with Crippen LogP contribution in [-0.4, -0.2) is 48.2 Å². The van der Waals surface area contributed by atoms with Gasteiger partial charge in [0.1, 0.15) is 17.3 Å². The van der Waals surface area contributed by atoms with E-state index < -0.39 is 0 Å². The van der Waals surface area contributed by atoms with Crippen molar-refractivity contribution >= 4 is 41.3 Å². The maximum atomic E-state index is 10.5. The van der Waals surface area contributed by atoms with Crippen LogP contribution in [0.15, 0.2) is 46.2 Å². The molecule has 40 heavy (non-hydrogen) atoms. The van der Waals surface area contributed by atoms with Crippen LogP contribution in [0, 0.1) is 0 Å². The molecule has 9 nitrogen and oxygen atoms in total. The highest BCUT2D eigenvalue weighted by Crippen LogP contribution is 2.46. The molecule has 1 saturated heterocycles. The number of halogens is 2. The topological polar surface area (TPSA) is 102 Å². The van der Waals surface area contributed by atoms with Gasteiger partial charge in [-0.1, -0.05) is 52.9 Å². The number of hydrogen-bond donors (Lipinski definition) is 1. The van der Waals surface area contributed by atoms with Crippen molar-refractivity contribution in [3.05, 3.63) is 63.5 Å². The minimum atomic E-state index is 0.0899. The molecule has 0 bridgehead atoms. The molecule has 2 atom stereocenters. The normalized spacial score (nSPS) is 19.5. The van der Waals surface area contributed by atoms with E-state index in [1.54, 1.807) is 13.2 Å². The molecule has 2 unspecified atom stereocenters. The Morgan fingerprint density at radius 3 is 2.67 bits per heavy atom. The van der Waals surface area contributed by atoms with Gasteiger partial charge in [-0.15, -0.1) is 0 Å². The molecule has 0 spiro atoms. The Balaban J connectivity index is 1.29. The van der Waals surface area contributed by atoms with Gasteiger partial charge in [0.15, 0.2) is 5.84 Å². The van der Waals surface area contributed by atoms with Crippen molar-refractivity contribution in [1.82, 2.24) is 15.5 Å². The summed E-state index contributed by atoms with van der Waals surface area (Å²) in [5.41, 5.74) is 3.04. The summed E-state index contributed by atoms with van der Waals surface area (Å²) in [5, 5.41) is 12.2. The summed E-state index contributed by atoms with van der Waals surface area (Å²) in [4.78, 5) is 22.1. The van der Waals surface area contributed by atoms with E-state index in [0.717, 1.165) is 67.8 Å². The van der Waals surface area contributed by atoms with Gasteiger partial charge in [0.25, 0.3) is 0 Å². The SMILES string of the molecule is CCCC1CC(OCc2c(-c3c(Cl)cccc3Cl)noc2C2CC2)CCN1c1ccc(/C(=N/OC=O)NC)cn1. The van der Waals surface area contributed by atoms with E-state index in [2.05, 4.69) is 32.3 Å². The molecule has 0 radical (unpaired) electrons. The van der Waals surface area contributed by atoms with Crippen molar-refractivity contribution in [3.8, 4) is 11.3 Å². The minimum Gasteiger partial charge on any atom is -0.373 e. The van der Waals surface area contributed by atoms with Crippen molar-refractivity contribution in [2.45, 2.75) is 70.1 Å². The molecule has 2 fully saturated rings. The number of hydrogen-bond acceptors (Lipinski definition) is 8. The van der Waals surface area contributed by atoms with Gasteiger partial charge in [-0.05, 0) is 56.4 Å². The predicted molar refractivity (Wildman–Crippen MR) is 155 cm³/mol. The molecule has 212 valence electrons. The summed E-state index contributed by atoms with van der Waals surface area (Å²) in [5.74, 6) is 2.60. The zero-order valence-corrected chi connectivity index (χ0v) is 24.1. The van der Waals surface area contributed by atoms with Gasteiger partial charge in [-0.25, -0.2) is 4.98 Å². The number of anilines is 1. The number of nitrogens with zero attached hydrogens (tertiary/aromatic N) is 4. The highest BCUT2D eigenvalue weighted by atomic mass is 35.5. The number of benzene rings is 1. The molecule has 3 heterocycles. The zero-order valence-electron chi connectivity index (χ0n) is 22.6. The molecule has 0 amide bonds. The Morgan fingerprint density at radius 2 is 2.02 bits per heavy atom. The van der Waals surface area contributed by atoms with Crippen molar-refractivity contribution < 1.29 is 18.9 Å². The van der Waals surface area contributed by atoms with Crippen LogP contribution in [0.4, 0.5) is 5.82 Å². The minimum absolute atomic E-state index is 0.0899. The van der Waals surface area contributed by atoms with Gasteiger partial charge in [-0.3, -0.25) is 4.79 Å². The second kappa shape index (κ2) is 13.0. The summed E-state index contributed by atoms with van der Waals surface area (Å²) < 4.78 is 12.4. The largest absolute Gasteiger partial charge is 0.373 e. The first kappa shape index (κ1) is 28.4. The van der Waals surface area contributed by atoms with Crippen LogP contribution in [0.5, 0.6) is 0 Å². The lowest BCUT2D eigenvalue weighted by Crippen LogP contribution is -2.45. The summed E-state index contributed by atoms with van der Waals surface area (Å²) in [7, 11) is 1.71. The van der Waals surface area contributed by atoms with Crippen LogP contribution >= 0.6 is 23.2 Å². The monoisotopic (exact) mass is 585 g/mol. The number of carbonyl (C=O) groups excluding carboxylic acids is 1. The number of amidine groups is 1. The maximum absolute atomic E-state index is 10.5. The van der Waals surface area contributed by atoms with E-state index >= 15 is 0 Å². The van der Waals surface area contributed by atoms with Gasteiger partial charge in [0, 0.05) is 48.4 Å². The first-order valence-corrected chi connectivity index (χ1v) is 14.4. The van der Waals surface area contributed by atoms with Gasteiger partial charge in [0.2, 0.25) is 0 Å². The number of carbonyl (C=O) groups is 1. The van der Waals surface area contributed by atoms with Gasteiger partial charge >= 0.3 is 6.47 Å². The Bertz CT molecular complexity index is 1320. The summed E-state index contributed by atoms with van der Waals surface area (Å²) in [6, 6.07) is 9.65. The van der Waals surface area contributed by atoms with Crippen molar-refractivity contribution in [2.24, 2.45) is 5.16 Å². The highest BCUT2D eigenvalue weighted by molar-refractivity contribution is 6.39. The third-order valence-electron chi connectivity index (χ3n) is 7.46. The Hall–Kier alpha value is -3.14. The van der Waals surface area contributed by atoms with E-state index in [1.807, 2.05) is 30.3 Å². The average Bonchev–Trinajstić information content (AvgIpc) is 3.73. The zero-order chi connectivity index (χ0) is 28.1. The van der Waals surface area contributed by atoms with Crippen LogP contribution < -0.4 is 10.2 Å². The number of pyridine rings is 1. The smallest absolute Gasteiger partial charge is 0.323 e. The molecule has 3 aromatic rings. The van der Waals surface area contributed by atoms with E-state index in [4.69, 9.17) is 37.4 Å². The lowest BCUT2D eigenvalue weighted by atomic mass is 9.95. The van der Waals surface area contributed by atoms with E-state index in [9.17, 15) is 4.79 Å². The lowest BCUT2D eigenvalue weighted by Gasteiger charge is -2.40. The fourth-order valence-corrected chi connectivity index (χ4v) is 5.91. The standard InChI is InChI=1S/C29H33Cl2N5O4/c1-3-5-20-14-21(12-13-36(20)25-11-10-19(15-33-25)29(32-2)35-39-17-37)38-16-22-27(34-40-28(22)18-8-9-18)26-23(30)6-4-7-24(26)31/h4,6-7,10-11,15,17-18,20-21H,3,5,8-9,12-14,16H2,1-2H3,(H,32,35). The van der Waals surface area contributed by atoms with Gasteiger partial charge in [-0.2, -0.15) is 0 Å². The Labute approximate surface area is 243 Å². The number of aromatic nitrogens is 2. The number of rotatable bonds is 11. The molecule has 1 saturated carbocycles. The molecule has 1 aliphatic heterocycles. The molecule has 1 aromatic carbocycles. The van der Waals surface area contributed by atoms with Gasteiger partial charge < -0.3 is 24.3 Å². The third-order valence-corrected chi connectivity index (χ3v) is 8.09. The van der Waals surface area contributed by atoms with Crippen LogP contribution in [0.25, 0.3) is 11.3 Å². The third kappa shape index (κ3) is 6.27. The fraction of sp³-hybridized carbons (Fsp3) is 0.448. The molecule has 2 aromatic heterocycles. The second-order valence-electron chi connectivity index (χ2n) is 10.1. The first-order valence-electron chi connectivity index (χ1n) is 13.7. The molecular formula is C29H33Cl2N5O4. The fourth-order valence-electron chi connectivity index (χ4n) is 5.34. The summed E-state index contributed by atoms with van der Waals surface area (Å²) in [6.45, 7) is 3.70. The van der Waals surface area contributed by atoms with Crippen molar-refractivity contribution in [3.63, 3.8) is 0 Å². The molecule has 1 N–H and O–H groups in total. The molecule has 11 heteroatoms. The van der Waals surface area contributed by atoms with Gasteiger partial charge in [0.05, 0.1) is 22.8 Å². The molecule has 5 rings (SSSR count). The van der Waals surface area contributed by atoms with Crippen molar-refractivity contribution in [1.29, 1.82) is 0 Å². The number of nitrogens with one attached hydrogen (secondary N) is 1. The van der Waals surface area contributed by atoms with E-state index in [0.29, 0.717) is 45.7 Å². The first-order chi connectivity index (χ1) is 19.5. The Kier molecular flexibility index (Phi) is 9.24. The average molecular weight is 587 g/mol. The lowest BCUT2D eigenvalue weighted by molar-refractivity contribution is -0.128. The predicted octanol–water partition coefficient (Wildman–Crippen LogP) is 6.33. The number of ether oxygens (including phenoxy) is 1.